The molecule has 0 aromatic heterocycles. The molecule has 0 aliphatic carbocycles. The molecule has 2 nitrogen and oxygen atoms in total. The first-order valence-electron chi connectivity index (χ1n) is 11.5. The molecule has 4 heteroatoms. The molecule has 1 unspecified atom stereocenters. The van der Waals surface area contributed by atoms with Crippen molar-refractivity contribution in [3.05, 3.63) is 0 Å². The van der Waals surface area contributed by atoms with Crippen LogP contribution in [0.15, 0.2) is 0 Å². The molecule has 0 spiro atoms. The lowest BCUT2D eigenvalue weighted by atomic mass is 10.0. The Hall–Kier alpha value is -0.120. The molecular formula is C22H45FO2S. The summed E-state index contributed by atoms with van der Waals surface area (Å²) in [7, 11) is -4.37. The summed E-state index contributed by atoms with van der Waals surface area (Å²) in [6.07, 6.45) is 21.6. The molecule has 0 rings (SSSR count). The highest BCUT2D eigenvalue weighted by Gasteiger charge is 2.23. The van der Waals surface area contributed by atoms with Gasteiger partial charge in [0.15, 0.2) is 0 Å². The highest BCUT2D eigenvalue weighted by Crippen LogP contribution is 2.21. The van der Waals surface area contributed by atoms with E-state index in [-0.39, 0.29) is 0 Å². The van der Waals surface area contributed by atoms with E-state index in [1.807, 2.05) is 0 Å². The second-order valence-corrected chi connectivity index (χ2v) is 9.60. The van der Waals surface area contributed by atoms with Crippen LogP contribution < -0.4 is 0 Å². The molecule has 158 valence electrons. The summed E-state index contributed by atoms with van der Waals surface area (Å²) in [5.41, 5.74) is 0. The van der Waals surface area contributed by atoms with Crippen LogP contribution in [-0.2, 0) is 10.2 Å². The first-order chi connectivity index (χ1) is 12.5. The van der Waals surface area contributed by atoms with E-state index in [0.29, 0.717) is 12.8 Å². The van der Waals surface area contributed by atoms with E-state index in [0.717, 1.165) is 44.9 Å². The maximum Gasteiger partial charge on any atom is 0.305 e. The average molecular weight is 393 g/mol. The summed E-state index contributed by atoms with van der Waals surface area (Å²) in [6.45, 7) is 4.38. The topological polar surface area (TPSA) is 34.1 Å². The minimum atomic E-state index is -4.37. The van der Waals surface area contributed by atoms with Crippen LogP contribution in [0.2, 0.25) is 0 Å². The predicted octanol–water partition coefficient (Wildman–Crippen LogP) is 8.11. The average Bonchev–Trinajstić information content (AvgIpc) is 2.59. The minimum absolute atomic E-state index is 0.497. The van der Waals surface area contributed by atoms with Gasteiger partial charge in [-0.1, -0.05) is 123 Å². The lowest BCUT2D eigenvalue weighted by molar-refractivity contribution is 0.487. The Morgan fingerprint density at radius 1 is 0.538 bits per heavy atom. The molecule has 0 aromatic carbocycles. The van der Waals surface area contributed by atoms with E-state index >= 15 is 0 Å². The van der Waals surface area contributed by atoms with Crippen LogP contribution >= 0.6 is 0 Å². The van der Waals surface area contributed by atoms with Crippen LogP contribution in [0.25, 0.3) is 0 Å². The van der Waals surface area contributed by atoms with Crippen LogP contribution in [0.5, 0.6) is 0 Å². The molecule has 0 aliphatic rings. The summed E-state index contributed by atoms with van der Waals surface area (Å²) in [4.78, 5) is 0. The monoisotopic (exact) mass is 392 g/mol. The lowest BCUT2D eigenvalue weighted by Crippen LogP contribution is -2.17. The maximum absolute atomic E-state index is 13.4. The zero-order chi connectivity index (χ0) is 19.5. The summed E-state index contributed by atoms with van der Waals surface area (Å²) in [5.74, 6) is 0. The molecule has 1 atom stereocenters. The van der Waals surface area contributed by atoms with Gasteiger partial charge in [-0.15, -0.1) is 3.89 Å². The van der Waals surface area contributed by atoms with Crippen LogP contribution in [-0.4, -0.2) is 13.7 Å². The van der Waals surface area contributed by atoms with E-state index in [9.17, 15) is 12.3 Å². The number of rotatable bonds is 20. The summed E-state index contributed by atoms with van der Waals surface area (Å²) in [6, 6.07) is 0. The van der Waals surface area contributed by atoms with E-state index < -0.39 is 15.5 Å². The van der Waals surface area contributed by atoms with Gasteiger partial charge in [0.2, 0.25) is 0 Å². The van der Waals surface area contributed by atoms with Crippen LogP contribution in [0.1, 0.15) is 136 Å². The second kappa shape index (κ2) is 18.3. The molecule has 0 fully saturated rings. The number of hydrogen-bond acceptors (Lipinski definition) is 2. The van der Waals surface area contributed by atoms with Gasteiger partial charge in [-0.25, -0.2) is 0 Å². The summed E-state index contributed by atoms with van der Waals surface area (Å²) >= 11 is 0. The van der Waals surface area contributed by atoms with E-state index in [4.69, 9.17) is 0 Å². The standard InChI is InChI=1S/C22H45FO2S/c1-3-5-7-9-10-11-12-13-14-15-16-17-19-21-22(26(23,24)25)20-18-8-6-4-2/h22H,3-21H2,1-2H3. The van der Waals surface area contributed by atoms with Gasteiger partial charge >= 0.3 is 10.2 Å². The van der Waals surface area contributed by atoms with Gasteiger partial charge in [-0.05, 0) is 12.8 Å². The van der Waals surface area contributed by atoms with E-state index in [1.165, 1.54) is 64.2 Å². The van der Waals surface area contributed by atoms with Gasteiger partial charge in [0.1, 0.15) is 0 Å². The van der Waals surface area contributed by atoms with Gasteiger partial charge in [0, 0.05) is 0 Å². The largest absolute Gasteiger partial charge is 0.305 e. The number of halogens is 1. The third-order valence-electron chi connectivity index (χ3n) is 5.41. The van der Waals surface area contributed by atoms with Crippen molar-refractivity contribution in [2.75, 3.05) is 0 Å². The van der Waals surface area contributed by atoms with Gasteiger partial charge in [-0.2, -0.15) is 8.42 Å². The van der Waals surface area contributed by atoms with Crippen molar-refractivity contribution >= 4 is 10.2 Å². The number of hydrogen-bond donors (Lipinski definition) is 0. The molecule has 0 bridgehead atoms. The fourth-order valence-corrected chi connectivity index (χ4v) is 4.51. The molecule has 0 radical (unpaired) electrons. The number of unbranched alkanes of at least 4 members (excludes halogenated alkanes) is 15. The highest BCUT2D eigenvalue weighted by molar-refractivity contribution is 7.87. The smallest absolute Gasteiger partial charge is 0.195 e. The Kier molecular flexibility index (Phi) is 18.2. The Morgan fingerprint density at radius 3 is 1.12 bits per heavy atom. The molecule has 0 aliphatic heterocycles. The minimum Gasteiger partial charge on any atom is -0.195 e. The molecule has 0 heterocycles. The van der Waals surface area contributed by atoms with Crippen molar-refractivity contribution in [1.29, 1.82) is 0 Å². The van der Waals surface area contributed by atoms with Crippen LogP contribution in [0.3, 0.4) is 0 Å². The van der Waals surface area contributed by atoms with E-state index in [2.05, 4.69) is 13.8 Å². The Labute approximate surface area is 163 Å². The Balaban J connectivity index is 3.52. The molecule has 0 aromatic rings. The lowest BCUT2D eigenvalue weighted by Gasteiger charge is -2.12. The van der Waals surface area contributed by atoms with Gasteiger partial charge < -0.3 is 0 Å². The van der Waals surface area contributed by atoms with Crippen molar-refractivity contribution in [2.45, 2.75) is 141 Å². The molecule has 0 amide bonds. The zero-order valence-electron chi connectivity index (χ0n) is 17.6. The van der Waals surface area contributed by atoms with Crippen molar-refractivity contribution in [3.63, 3.8) is 0 Å². The first-order valence-corrected chi connectivity index (χ1v) is 12.9. The van der Waals surface area contributed by atoms with Gasteiger partial charge in [0.25, 0.3) is 0 Å². The van der Waals surface area contributed by atoms with Crippen LogP contribution in [0, 0.1) is 0 Å². The molecule has 0 N–H and O–H groups in total. The normalized spacial score (nSPS) is 13.2. The molecule has 26 heavy (non-hydrogen) atoms. The SMILES string of the molecule is CCCCCCCCCCCCCCCC(CCCCCC)S(=O)(=O)F. The van der Waals surface area contributed by atoms with Gasteiger partial charge in [-0.3, -0.25) is 0 Å². The summed E-state index contributed by atoms with van der Waals surface area (Å²) < 4.78 is 35.9. The summed E-state index contributed by atoms with van der Waals surface area (Å²) in [5, 5.41) is -0.757. The van der Waals surface area contributed by atoms with Crippen molar-refractivity contribution < 1.29 is 12.3 Å². The van der Waals surface area contributed by atoms with E-state index in [1.54, 1.807) is 0 Å². The fraction of sp³-hybridized carbons (Fsp3) is 1.00. The first kappa shape index (κ1) is 25.9. The quantitative estimate of drug-likeness (QED) is 0.155. The molecular weight excluding hydrogens is 347 g/mol. The van der Waals surface area contributed by atoms with Crippen molar-refractivity contribution in [3.8, 4) is 0 Å². The third-order valence-corrected chi connectivity index (χ3v) is 6.68. The highest BCUT2D eigenvalue weighted by atomic mass is 32.3. The Bertz CT molecular complexity index is 382. The predicted molar refractivity (Wildman–Crippen MR) is 113 cm³/mol. The fourth-order valence-electron chi connectivity index (χ4n) is 3.61. The molecule has 0 saturated carbocycles. The molecule has 0 saturated heterocycles. The van der Waals surface area contributed by atoms with Crippen LogP contribution in [0.4, 0.5) is 3.89 Å². The van der Waals surface area contributed by atoms with Crippen molar-refractivity contribution in [1.82, 2.24) is 0 Å². The van der Waals surface area contributed by atoms with Crippen molar-refractivity contribution in [2.24, 2.45) is 0 Å². The third kappa shape index (κ3) is 17.3. The maximum atomic E-state index is 13.4. The zero-order valence-corrected chi connectivity index (χ0v) is 18.4. The second-order valence-electron chi connectivity index (χ2n) is 7.98. The Morgan fingerprint density at radius 2 is 0.808 bits per heavy atom. The van der Waals surface area contributed by atoms with Gasteiger partial charge in [0.05, 0.1) is 5.25 Å².